The lowest BCUT2D eigenvalue weighted by Gasteiger charge is -2.26. The molecule has 0 heterocycles. The molecular formula is C10H16N2. The van der Waals surface area contributed by atoms with Crippen molar-refractivity contribution in [1.29, 1.82) is 0 Å². The van der Waals surface area contributed by atoms with Crippen LogP contribution in [0.5, 0.6) is 0 Å². The van der Waals surface area contributed by atoms with Crippen LogP contribution in [0.2, 0.25) is 0 Å². The number of anilines is 1. The standard InChI is InChI=1S/C10H16N2/c1-9-6-5-7-10(8-9)12(4)11(2)3/h5-8H,1-4H3. The molecule has 2 heteroatoms. The summed E-state index contributed by atoms with van der Waals surface area (Å²) in [5.74, 6) is 0. The lowest BCUT2D eigenvalue weighted by molar-refractivity contribution is 0.397. The number of aryl methyl sites for hydroxylation is 1. The Kier molecular flexibility index (Phi) is 2.71. The fourth-order valence-electron chi connectivity index (χ4n) is 1.06. The first-order valence-electron chi connectivity index (χ1n) is 4.09. The van der Waals surface area contributed by atoms with Gasteiger partial charge in [0.05, 0.1) is 5.69 Å². The van der Waals surface area contributed by atoms with Crippen molar-refractivity contribution in [3.63, 3.8) is 0 Å². The minimum absolute atomic E-state index is 1.22. The van der Waals surface area contributed by atoms with Crippen LogP contribution in [0.25, 0.3) is 0 Å². The summed E-state index contributed by atoms with van der Waals surface area (Å²) in [5.41, 5.74) is 2.52. The molecule has 0 saturated heterocycles. The molecule has 0 aliphatic heterocycles. The molecule has 1 aromatic carbocycles. The van der Waals surface area contributed by atoms with Gasteiger partial charge in [0, 0.05) is 21.1 Å². The van der Waals surface area contributed by atoms with E-state index in [0.29, 0.717) is 0 Å². The number of hydrogen-bond donors (Lipinski definition) is 0. The van der Waals surface area contributed by atoms with Gasteiger partial charge in [-0.1, -0.05) is 12.1 Å². The Balaban J connectivity index is 2.88. The zero-order valence-corrected chi connectivity index (χ0v) is 8.20. The van der Waals surface area contributed by atoms with E-state index in [1.54, 1.807) is 0 Å². The first kappa shape index (κ1) is 9.07. The fraction of sp³-hybridized carbons (Fsp3) is 0.400. The molecule has 2 nitrogen and oxygen atoms in total. The first-order valence-corrected chi connectivity index (χ1v) is 4.09. The van der Waals surface area contributed by atoms with Crippen molar-refractivity contribution < 1.29 is 0 Å². The van der Waals surface area contributed by atoms with E-state index >= 15 is 0 Å². The molecule has 1 aromatic rings. The normalized spacial score (nSPS) is 10.4. The second-order valence-corrected chi connectivity index (χ2v) is 3.21. The Morgan fingerprint density at radius 2 is 1.75 bits per heavy atom. The summed E-state index contributed by atoms with van der Waals surface area (Å²) < 4.78 is 0. The van der Waals surface area contributed by atoms with Gasteiger partial charge in [0.25, 0.3) is 0 Å². The Labute approximate surface area is 74.4 Å². The number of rotatable bonds is 2. The molecule has 0 fully saturated rings. The molecule has 0 bridgehead atoms. The van der Waals surface area contributed by atoms with Crippen LogP contribution in [-0.4, -0.2) is 26.2 Å². The SMILES string of the molecule is Cc1cccc(N(C)N(C)C)c1. The van der Waals surface area contributed by atoms with E-state index in [0.717, 1.165) is 0 Å². The van der Waals surface area contributed by atoms with E-state index in [9.17, 15) is 0 Å². The van der Waals surface area contributed by atoms with Gasteiger partial charge >= 0.3 is 0 Å². The van der Waals surface area contributed by atoms with Gasteiger partial charge in [-0.3, -0.25) is 0 Å². The molecule has 0 aliphatic carbocycles. The zero-order chi connectivity index (χ0) is 9.14. The van der Waals surface area contributed by atoms with Crippen LogP contribution in [0, 0.1) is 6.92 Å². The maximum atomic E-state index is 2.17. The van der Waals surface area contributed by atoms with Crippen molar-refractivity contribution in [1.82, 2.24) is 5.01 Å². The van der Waals surface area contributed by atoms with E-state index < -0.39 is 0 Å². The van der Waals surface area contributed by atoms with Crippen molar-refractivity contribution in [3.8, 4) is 0 Å². The molecule has 0 spiro atoms. The molecule has 1 rings (SSSR count). The number of hydrogen-bond acceptors (Lipinski definition) is 2. The molecular weight excluding hydrogens is 148 g/mol. The maximum Gasteiger partial charge on any atom is 0.0521 e. The Morgan fingerprint density at radius 1 is 1.08 bits per heavy atom. The van der Waals surface area contributed by atoms with Gasteiger partial charge in [-0.05, 0) is 24.6 Å². The van der Waals surface area contributed by atoms with Crippen molar-refractivity contribution >= 4 is 5.69 Å². The lowest BCUT2D eigenvalue weighted by Crippen LogP contribution is -2.32. The number of hydrazine groups is 1. The van der Waals surface area contributed by atoms with Gasteiger partial charge in [0.1, 0.15) is 0 Å². The fourth-order valence-corrected chi connectivity index (χ4v) is 1.06. The molecule has 0 unspecified atom stereocenters. The van der Waals surface area contributed by atoms with E-state index in [1.165, 1.54) is 11.3 Å². The van der Waals surface area contributed by atoms with Crippen LogP contribution >= 0.6 is 0 Å². The summed E-state index contributed by atoms with van der Waals surface area (Å²) >= 11 is 0. The molecule has 66 valence electrons. The van der Waals surface area contributed by atoms with E-state index in [4.69, 9.17) is 0 Å². The van der Waals surface area contributed by atoms with Gasteiger partial charge in [-0.2, -0.15) is 0 Å². The van der Waals surface area contributed by atoms with Gasteiger partial charge in [-0.25, -0.2) is 5.01 Å². The van der Waals surface area contributed by atoms with Crippen molar-refractivity contribution in [2.75, 3.05) is 26.2 Å². The van der Waals surface area contributed by atoms with E-state index in [-0.39, 0.29) is 0 Å². The average molecular weight is 164 g/mol. The van der Waals surface area contributed by atoms with Crippen molar-refractivity contribution in [2.24, 2.45) is 0 Å². The molecule has 0 aliphatic rings. The van der Waals surface area contributed by atoms with Crippen LogP contribution in [0.4, 0.5) is 5.69 Å². The number of nitrogens with zero attached hydrogens (tertiary/aromatic N) is 2. The highest BCUT2D eigenvalue weighted by atomic mass is 15.6. The van der Waals surface area contributed by atoms with Gasteiger partial charge in [-0.15, -0.1) is 0 Å². The van der Waals surface area contributed by atoms with Crippen molar-refractivity contribution in [2.45, 2.75) is 6.92 Å². The summed E-state index contributed by atoms with van der Waals surface area (Å²) in [5, 5.41) is 4.15. The average Bonchev–Trinajstić information content (AvgIpc) is 2.03. The minimum atomic E-state index is 1.22. The Morgan fingerprint density at radius 3 is 2.25 bits per heavy atom. The smallest absolute Gasteiger partial charge is 0.0521 e. The summed E-state index contributed by atoms with van der Waals surface area (Å²) in [7, 11) is 6.11. The summed E-state index contributed by atoms with van der Waals surface area (Å²) in [6.07, 6.45) is 0. The Hall–Kier alpha value is -1.02. The topological polar surface area (TPSA) is 6.48 Å². The molecule has 0 N–H and O–H groups in total. The molecule has 0 amide bonds. The lowest BCUT2D eigenvalue weighted by atomic mass is 10.2. The highest BCUT2D eigenvalue weighted by Gasteiger charge is 2.00. The van der Waals surface area contributed by atoms with Crippen LogP contribution in [-0.2, 0) is 0 Å². The van der Waals surface area contributed by atoms with E-state index in [1.807, 2.05) is 14.1 Å². The summed E-state index contributed by atoms with van der Waals surface area (Å²) in [6, 6.07) is 8.45. The molecule has 0 saturated carbocycles. The largest absolute Gasteiger partial charge is 0.309 e. The quantitative estimate of drug-likeness (QED) is 0.616. The third-order valence-corrected chi connectivity index (χ3v) is 1.98. The molecule has 0 radical (unpaired) electrons. The maximum absolute atomic E-state index is 2.17. The van der Waals surface area contributed by atoms with Crippen LogP contribution in [0.15, 0.2) is 24.3 Å². The van der Waals surface area contributed by atoms with Crippen LogP contribution in [0.1, 0.15) is 5.56 Å². The zero-order valence-electron chi connectivity index (χ0n) is 8.20. The van der Waals surface area contributed by atoms with E-state index in [2.05, 4.69) is 48.3 Å². The second kappa shape index (κ2) is 3.59. The monoisotopic (exact) mass is 164 g/mol. The summed E-state index contributed by atoms with van der Waals surface area (Å²) in [4.78, 5) is 0. The molecule has 12 heavy (non-hydrogen) atoms. The predicted molar refractivity (Wildman–Crippen MR) is 53.3 cm³/mol. The highest BCUT2D eigenvalue weighted by Crippen LogP contribution is 2.14. The summed E-state index contributed by atoms with van der Waals surface area (Å²) in [6.45, 7) is 2.10. The number of benzene rings is 1. The Bertz CT molecular complexity index is 256. The minimum Gasteiger partial charge on any atom is -0.309 e. The molecule has 0 aromatic heterocycles. The second-order valence-electron chi connectivity index (χ2n) is 3.21. The highest BCUT2D eigenvalue weighted by molar-refractivity contribution is 5.46. The van der Waals surface area contributed by atoms with Crippen LogP contribution < -0.4 is 5.01 Å². The molecule has 0 atom stereocenters. The van der Waals surface area contributed by atoms with Gasteiger partial charge in [0.2, 0.25) is 0 Å². The van der Waals surface area contributed by atoms with Gasteiger partial charge in [0.15, 0.2) is 0 Å². The third kappa shape index (κ3) is 1.98. The first-order chi connectivity index (χ1) is 5.61. The third-order valence-electron chi connectivity index (χ3n) is 1.98. The van der Waals surface area contributed by atoms with Crippen LogP contribution in [0.3, 0.4) is 0 Å². The van der Waals surface area contributed by atoms with Crippen molar-refractivity contribution in [3.05, 3.63) is 29.8 Å². The van der Waals surface area contributed by atoms with Gasteiger partial charge < -0.3 is 5.01 Å². The predicted octanol–water partition coefficient (Wildman–Crippen LogP) is 1.91.